The molecular weight excluding hydrogens is 634 g/mol. The maximum absolute atomic E-state index is 15.3. The number of esters is 1. The third kappa shape index (κ3) is 5.82. The molecule has 50 heavy (non-hydrogen) atoms. The van der Waals surface area contributed by atoms with Crippen LogP contribution in [0, 0.1) is 25.7 Å². The Hall–Kier alpha value is -5.06. The second kappa shape index (κ2) is 13.7. The van der Waals surface area contributed by atoms with Crippen molar-refractivity contribution in [3.63, 3.8) is 0 Å². The van der Waals surface area contributed by atoms with Crippen LogP contribution in [0.5, 0.6) is 0 Å². The van der Waals surface area contributed by atoms with Gasteiger partial charge >= 0.3 is 5.97 Å². The van der Waals surface area contributed by atoms with Crippen LogP contribution in [-0.2, 0) is 28.7 Å². The first-order valence-electron chi connectivity index (χ1n) is 17.1. The number of hydrogen-bond acceptors (Lipinski definition) is 7. The molecule has 4 heterocycles. The fourth-order valence-electron chi connectivity index (χ4n) is 7.94. The molecule has 0 aliphatic carbocycles. The van der Waals surface area contributed by atoms with Crippen molar-refractivity contribution < 1.29 is 33.8 Å². The van der Waals surface area contributed by atoms with E-state index in [0.29, 0.717) is 17.7 Å². The maximum atomic E-state index is 15.3. The fraction of sp³-hybridized carbons (Fsp3) is 0.350. The molecule has 4 aliphatic heterocycles. The Morgan fingerprint density at radius 1 is 0.940 bits per heavy atom. The van der Waals surface area contributed by atoms with Crippen LogP contribution < -0.4 is 10.2 Å². The molecule has 3 amide bonds. The standard InChI is InChI=1S/C40H41N3O7/c1-25-17-18-26(2)30(22-25)42-21-11-5-10-16-33(45)49-24-29(27-12-6-3-7-13-27)41-37(46)34-32-19-20-40(50-32)35(34)38(47)43(36(40)39(42)48)31(23-44)28-14-8-4-9-15-28/h3-9,11-15,17-20,22,29,31-32,34-36,44H,10,16,21,23-24H2,1-2H3,(H,41,46)/b11-5-/t29-,31-,32-,34+,35+,36-,40+/m1/s1. The van der Waals surface area contributed by atoms with E-state index in [4.69, 9.17) is 9.47 Å². The highest BCUT2D eigenvalue weighted by molar-refractivity contribution is 6.06. The van der Waals surface area contributed by atoms with Gasteiger partial charge in [-0.25, -0.2) is 0 Å². The van der Waals surface area contributed by atoms with Gasteiger partial charge in [0.25, 0.3) is 5.91 Å². The van der Waals surface area contributed by atoms with Crippen LogP contribution in [0.2, 0.25) is 0 Å². The quantitative estimate of drug-likeness (QED) is 0.306. The Bertz CT molecular complexity index is 1840. The predicted octanol–water partition coefficient (Wildman–Crippen LogP) is 4.27. The zero-order valence-corrected chi connectivity index (χ0v) is 28.1. The molecule has 2 N–H and O–H groups in total. The lowest BCUT2D eigenvalue weighted by molar-refractivity contribution is -0.146. The van der Waals surface area contributed by atoms with E-state index in [1.165, 1.54) is 4.90 Å². The van der Waals surface area contributed by atoms with Crippen molar-refractivity contribution >= 4 is 29.4 Å². The van der Waals surface area contributed by atoms with Gasteiger partial charge in [-0.2, -0.15) is 0 Å². The number of aliphatic hydroxyl groups excluding tert-OH is 1. The molecule has 2 saturated heterocycles. The highest BCUT2D eigenvalue weighted by Crippen LogP contribution is 2.57. The molecule has 5 bridgehead atoms. The van der Waals surface area contributed by atoms with E-state index in [1.54, 1.807) is 17.1 Å². The Morgan fingerprint density at radius 3 is 2.42 bits per heavy atom. The van der Waals surface area contributed by atoms with Crippen molar-refractivity contribution in [2.45, 2.75) is 56.5 Å². The van der Waals surface area contributed by atoms with Crippen LogP contribution in [0.4, 0.5) is 5.69 Å². The highest BCUT2D eigenvalue weighted by atomic mass is 16.5. The van der Waals surface area contributed by atoms with E-state index in [2.05, 4.69) is 5.32 Å². The first-order chi connectivity index (χ1) is 24.2. The van der Waals surface area contributed by atoms with Crippen LogP contribution in [0.25, 0.3) is 0 Å². The van der Waals surface area contributed by atoms with E-state index in [-0.39, 0.29) is 19.6 Å². The molecule has 7 rings (SSSR count). The van der Waals surface area contributed by atoms with Gasteiger partial charge in [0.1, 0.15) is 18.2 Å². The van der Waals surface area contributed by atoms with Gasteiger partial charge in [-0.3, -0.25) is 19.2 Å². The zero-order valence-electron chi connectivity index (χ0n) is 28.1. The summed E-state index contributed by atoms with van der Waals surface area (Å²) in [5.41, 5.74) is 2.40. The molecule has 258 valence electrons. The van der Waals surface area contributed by atoms with Crippen molar-refractivity contribution in [3.8, 4) is 0 Å². The number of aliphatic hydroxyl groups is 1. The van der Waals surface area contributed by atoms with Gasteiger partial charge in [0.2, 0.25) is 11.8 Å². The topological polar surface area (TPSA) is 125 Å². The Morgan fingerprint density at radius 2 is 1.68 bits per heavy atom. The van der Waals surface area contributed by atoms with Crippen LogP contribution in [0.3, 0.4) is 0 Å². The lowest BCUT2D eigenvalue weighted by Crippen LogP contribution is -2.57. The van der Waals surface area contributed by atoms with Gasteiger partial charge in [-0.1, -0.05) is 97.1 Å². The molecule has 10 nitrogen and oxygen atoms in total. The molecule has 3 aromatic carbocycles. The second-order valence-corrected chi connectivity index (χ2v) is 13.5. The number of hydrogen-bond donors (Lipinski definition) is 2. The average molecular weight is 676 g/mol. The monoisotopic (exact) mass is 675 g/mol. The number of fused-ring (bicyclic) bond motifs is 2. The first kappa shape index (κ1) is 33.4. The summed E-state index contributed by atoms with van der Waals surface area (Å²) in [5, 5.41) is 13.9. The summed E-state index contributed by atoms with van der Waals surface area (Å²) in [6.07, 6.45) is 6.95. The van der Waals surface area contributed by atoms with Gasteiger partial charge in [-0.15, -0.1) is 0 Å². The summed E-state index contributed by atoms with van der Waals surface area (Å²) in [6.45, 7) is 3.48. The molecule has 0 saturated carbocycles. The van der Waals surface area contributed by atoms with Gasteiger partial charge in [0.05, 0.1) is 36.6 Å². The number of carbonyl (C=O) groups is 4. The first-order valence-corrected chi connectivity index (χ1v) is 17.1. The number of ether oxygens (including phenoxy) is 2. The van der Waals surface area contributed by atoms with Gasteiger partial charge in [-0.05, 0) is 48.6 Å². The number of benzene rings is 3. The van der Waals surface area contributed by atoms with Crippen LogP contribution in [0.1, 0.15) is 47.2 Å². The molecule has 0 radical (unpaired) electrons. The maximum Gasteiger partial charge on any atom is 0.306 e. The third-order valence-electron chi connectivity index (χ3n) is 10.4. The highest BCUT2D eigenvalue weighted by Gasteiger charge is 2.74. The molecule has 10 heteroatoms. The molecular formula is C40H41N3O7. The number of allylic oxidation sites excluding steroid dienone is 1. The Balaban J connectivity index is 1.37. The summed E-state index contributed by atoms with van der Waals surface area (Å²) in [7, 11) is 0. The van der Waals surface area contributed by atoms with Gasteiger partial charge in [0.15, 0.2) is 0 Å². The summed E-state index contributed by atoms with van der Waals surface area (Å²) in [5.74, 6) is -3.73. The Kier molecular flexibility index (Phi) is 9.15. The van der Waals surface area contributed by atoms with E-state index in [1.807, 2.05) is 105 Å². The molecule has 7 atom stereocenters. The number of rotatable bonds is 5. The van der Waals surface area contributed by atoms with E-state index in [0.717, 1.165) is 16.7 Å². The molecule has 1 spiro atoms. The van der Waals surface area contributed by atoms with Crippen LogP contribution in [0.15, 0.2) is 103 Å². The molecule has 2 fully saturated rings. The average Bonchev–Trinajstić information content (AvgIpc) is 3.77. The van der Waals surface area contributed by atoms with Crippen molar-refractivity contribution in [3.05, 3.63) is 125 Å². The van der Waals surface area contributed by atoms with Gasteiger partial charge < -0.3 is 29.7 Å². The SMILES string of the molecule is Cc1ccc(C)c(N2C/C=C\CCC(=O)OC[C@H](c3ccccc3)NC(=O)[C@@H]3[C@H]4C(=O)N([C@H](CO)c5ccccc5)[C@H](C2=O)[C@]42C=C[C@H]3O2)c1. The van der Waals surface area contributed by atoms with Crippen molar-refractivity contribution in [2.75, 3.05) is 24.7 Å². The van der Waals surface area contributed by atoms with E-state index < -0.39 is 72.0 Å². The summed E-state index contributed by atoms with van der Waals surface area (Å²) >= 11 is 0. The number of nitrogens with zero attached hydrogens (tertiary/aromatic N) is 2. The zero-order chi connectivity index (χ0) is 35.0. The summed E-state index contributed by atoms with van der Waals surface area (Å²) < 4.78 is 12.3. The Labute approximate surface area is 291 Å². The van der Waals surface area contributed by atoms with Crippen molar-refractivity contribution in [1.82, 2.24) is 10.2 Å². The number of nitrogens with one attached hydrogen (secondary N) is 1. The number of anilines is 1. The third-order valence-corrected chi connectivity index (χ3v) is 10.4. The summed E-state index contributed by atoms with van der Waals surface area (Å²) in [6, 6.07) is 21.4. The summed E-state index contributed by atoms with van der Waals surface area (Å²) in [4.78, 5) is 60.5. The number of cyclic esters (lactones) is 1. The minimum absolute atomic E-state index is 0.0929. The van der Waals surface area contributed by atoms with Crippen molar-refractivity contribution in [2.24, 2.45) is 11.8 Å². The van der Waals surface area contributed by atoms with Crippen LogP contribution >= 0.6 is 0 Å². The largest absolute Gasteiger partial charge is 0.463 e. The van der Waals surface area contributed by atoms with Crippen LogP contribution in [-0.4, -0.2) is 71.2 Å². The normalized spacial score (nSPS) is 29.5. The lowest BCUT2D eigenvalue weighted by Gasteiger charge is -2.39. The van der Waals surface area contributed by atoms with E-state index in [9.17, 15) is 19.5 Å². The second-order valence-electron chi connectivity index (χ2n) is 13.5. The molecule has 0 unspecified atom stereocenters. The smallest absolute Gasteiger partial charge is 0.306 e. The number of aryl methyl sites for hydroxylation is 2. The number of amides is 3. The predicted molar refractivity (Wildman–Crippen MR) is 186 cm³/mol. The minimum atomic E-state index is -1.47. The van der Waals surface area contributed by atoms with Gasteiger partial charge in [0, 0.05) is 18.7 Å². The number of carbonyl (C=O) groups excluding carboxylic acids is 4. The lowest BCUT2D eigenvalue weighted by atomic mass is 9.74. The molecule has 0 aromatic heterocycles. The van der Waals surface area contributed by atoms with Crippen molar-refractivity contribution in [1.29, 1.82) is 0 Å². The molecule has 3 aromatic rings. The minimum Gasteiger partial charge on any atom is -0.463 e. The van der Waals surface area contributed by atoms with E-state index >= 15 is 4.79 Å². The molecule has 4 aliphatic rings. The number of likely N-dealkylation sites (tertiary alicyclic amines) is 1. The fourth-order valence-corrected chi connectivity index (χ4v) is 7.94.